The summed E-state index contributed by atoms with van der Waals surface area (Å²) in [6.45, 7) is 6.48. The van der Waals surface area contributed by atoms with Gasteiger partial charge in [0.05, 0.1) is 15.2 Å². The summed E-state index contributed by atoms with van der Waals surface area (Å²) >= 11 is 1.68. The zero-order valence-electron chi connectivity index (χ0n) is 12.4. The van der Waals surface area contributed by atoms with Crippen molar-refractivity contribution >= 4 is 34.0 Å². The molecule has 6 heteroatoms. The first-order valence-electron chi connectivity index (χ1n) is 6.48. The van der Waals surface area contributed by atoms with Gasteiger partial charge in [0.1, 0.15) is 18.2 Å². The van der Waals surface area contributed by atoms with Crippen molar-refractivity contribution in [2.75, 3.05) is 13.2 Å². The summed E-state index contributed by atoms with van der Waals surface area (Å²) in [5.41, 5.74) is 6.15. The highest BCUT2D eigenvalue weighted by atomic mass is 35.5. The number of nitrogens with two attached hydrogens (primary N) is 1. The Labute approximate surface area is 134 Å². The van der Waals surface area contributed by atoms with E-state index in [1.165, 1.54) is 6.08 Å². The predicted octanol–water partition coefficient (Wildman–Crippen LogP) is 4.21. The Morgan fingerprint density at radius 3 is 2.76 bits per heavy atom. The number of thiazole rings is 1. The maximum Gasteiger partial charge on any atom is 0.139 e. The molecular weight excluding hydrogens is 311 g/mol. The van der Waals surface area contributed by atoms with E-state index in [4.69, 9.17) is 10.5 Å². The third-order valence-electron chi connectivity index (χ3n) is 2.72. The molecule has 0 fully saturated rings. The fraction of sp³-hybridized carbons (Fsp3) is 0.400. The van der Waals surface area contributed by atoms with Gasteiger partial charge in [0, 0.05) is 18.0 Å². The third kappa shape index (κ3) is 4.66. The molecule has 1 aromatic heterocycles. The molecule has 0 radical (unpaired) electrons. The van der Waals surface area contributed by atoms with E-state index < -0.39 is 0 Å². The molecule has 0 bridgehead atoms. The van der Waals surface area contributed by atoms with Gasteiger partial charge in [-0.25, -0.2) is 9.37 Å². The van der Waals surface area contributed by atoms with Crippen molar-refractivity contribution in [3.63, 3.8) is 0 Å². The van der Waals surface area contributed by atoms with Crippen molar-refractivity contribution in [3.05, 3.63) is 35.1 Å². The molecule has 2 aromatic rings. The Balaban J connectivity index is 0.00000220. The summed E-state index contributed by atoms with van der Waals surface area (Å²) < 4.78 is 19.7. The number of rotatable bonds is 4. The fourth-order valence-electron chi connectivity index (χ4n) is 1.66. The molecule has 0 aliphatic heterocycles. The number of aromatic nitrogens is 1. The third-order valence-corrected chi connectivity index (χ3v) is 4.18. The number of nitrogens with zero attached hydrogens (tertiary/aromatic N) is 1. The van der Waals surface area contributed by atoms with Crippen LogP contribution >= 0.6 is 23.7 Å². The van der Waals surface area contributed by atoms with E-state index in [2.05, 4.69) is 25.8 Å². The monoisotopic (exact) mass is 330 g/mol. The van der Waals surface area contributed by atoms with Gasteiger partial charge in [0.15, 0.2) is 0 Å². The molecule has 0 atom stereocenters. The second kappa shape index (κ2) is 7.20. The van der Waals surface area contributed by atoms with Crippen molar-refractivity contribution in [1.29, 1.82) is 0 Å². The Morgan fingerprint density at radius 1 is 1.43 bits per heavy atom. The predicted molar refractivity (Wildman–Crippen MR) is 89.3 cm³/mol. The van der Waals surface area contributed by atoms with Crippen LogP contribution in [0.5, 0.6) is 5.75 Å². The number of benzene rings is 1. The Morgan fingerprint density at radius 2 is 2.14 bits per heavy atom. The smallest absolute Gasteiger partial charge is 0.139 e. The molecule has 0 saturated heterocycles. The van der Waals surface area contributed by atoms with E-state index in [0.717, 1.165) is 15.2 Å². The maximum atomic E-state index is 13.2. The van der Waals surface area contributed by atoms with E-state index in [-0.39, 0.29) is 36.8 Å². The summed E-state index contributed by atoms with van der Waals surface area (Å²) in [5.74, 6) is 0.255. The van der Waals surface area contributed by atoms with Crippen LogP contribution in [-0.4, -0.2) is 18.1 Å². The van der Waals surface area contributed by atoms with Crippen LogP contribution in [-0.2, 0) is 5.41 Å². The molecule has 3 nitrogen and oxygen atoms in total. The second-order valence-electron chi connectivity index (χ2n) is 5.57. The van der Waals surface area contributed by atoms with Crippen LogP contribution in [0.25, 0.3) is 10.2 Å². The Kier molecular flexibility index (Phi) is 6.13. The van der Waals surface area contributed by atoms with Crippen LogP contribution < -0.4 is 10.5 Å². The first-order chi connectivity index (χ1) is 9.40. The largest absolute Gasteiger partial charge is 0.486 e. The molecule has 1 aromatic carbocycles. The van der Waals surface area contributed by atoms with Gasteiger partial charge < -0.3 is 10.5 Å². The normalized spacial score (nSPS) is 12.3. The minimum absolute atomic E-state index is 0. The highest BCUT2D eigenvalue weighted by Crippen LogP contribution is 2.32. The standard InChI is InChI=1S/C15H19FN2OS.ClH/c1-15(2,3)14-18-12-8-11(4-5-13(12)20-14)19-9-10(16)6-7-17;/h4-6,8H,7,9,17H2,1-3H3;1H. The minimum atomic E-state index is -0.360. The lowest BCUT2D eigenvalue weighted by Crippen LogP contribution is -2.09. The van der Waals surface area contributed by atoms with Crippen LogP contribution in [0.2, 0.25) is 0 Å². The molecule has 2 rings (SSSR count). The number of hydrogen-bond acceptors (Lipinski definition) is 4. The Bertz CT molecular complexity index is 634. The van der Waals surface area contributed by atoms with Gasteiger partial charge in [-0.05, 0) is 18.2 Å². The van der Waals surface area contributed by atoms with Gasteiger partial charge in [-0.3, -0.25) is 0 Å². The van der Waals surface area contributed by atoms with Gasteiger partial charge in [-0.1, -0.05) is 20.8 Å². The zero-order valence-corrected chi connectivity index (χ0v) is 14.0. The van der Waals surface area contributed by atoms with Gasteiger partial charge in [-0.15, -0.1) is 23.7 Å². The molecule has 0 amide bonds. The first-order valence-corrected chi connectivity index (χ1v) is 7.30. The number of hydrogen-bond donors (Lipinski definition) is 1. The molecule has 116 valence electrons. The van der Waals surface area contributed by atoms with Crippen molar-refractivity contribution < 1.29 is 9.13 Å². The highest BCUT2D eigenvalue weighted by molar-refractivity contribution is 7.18. The fourth-order valence-corrected chi connectivity index (χ4v) is 2.66. The summed E-state index contributed by atoms with van der Waals surface area (Å²) in [4.78, 5) is 4.62. The Hall–Kier alpha value is -1.17. The summed E-state index contributed by atoms with van der Waals surface area (Å²) in [5, 5.41) is 1.08. The maximum absolute atomic E-state index is 13.2. The highest BCUT2D eigenvalue weighted by Gasteiger charge is 2.18. The van der Waals surface area contributed by atoms with Crippen LogP contribution in [0.1, 0.15) is 25.8 Å². The van der Waals surface area contributed by atoms with Crippen LogP contribution in [0.4, 0.5) is 4.39 Å². The SMILES string of the molecule is CC(C)(C)c1nc2cc(OCC(F)=CCN)ccc2s1.Cl. The molecule has 0 aliphatic carbocycles. The number of fused-ring (bicyclic) bond motifs is 1. The summed E-state index contributed by atoms with van der Waals surface area (Å²) in [6, 6.07) is 5.64. The molecule has 2 N–H and O–H groups in total. The van der Waals surface area contributed by atoms with Gasteiger partial charge in [0.25, 0.3) is 0 Å². The quantitative estimate of drug-likeness (QED) is 0.913. The van der Waals surface area contributed by atoms with Gasteiger partial charge >= 0.3 is 0 Å². The summed E-state index contributed by atoms with van der Waals surface area (Å²) in [7, 11) is 0. The van der Waals surface area contributed by atoms with E-state index >= 15 is 0 Å². The topological polar surface area (TPSA) is 48.1 Å². The first kappa shape index (κ1) is 17.9. The average Bonchev–Trinajstić information content (AvgIpc) is 2.79. The lowest BCUT2D eigenvalue weighted by molar-refractivity contribution is 0.318. The van der Waals surface area contributed by atoms with E-state index in [9.17, 15) is 4.39 Å². The van der Waals surface area contributed by atoms with Gasteiger partial charge in [0.2, 0.25) is 0 Å². The number of halogens is 2. The van der Waals surface area contributed by atoms with Crippen molar-refractivity contribution in [2.24, 2.45) is 5.73 Å². The minimum Gasteiger partial charge on any atom is -0.486 e. The van der Waals surface area contributed by atoms with Crippen molar-refractivity contribution in [2.45, 2.75) is 26.2 Å². The summed E-state index contributed by atoms with van der Waals surface area (Å²) in [6.07, 6.45) is 1.30. The van der Waals surface area contributed by atoms with Crippen LogP contribution in [0, 0.1) is 0 Å². The molecule has 21 heavy (non-hydrogen) atoms. The average molecular weight is 331 g/mol. The lowest BCUT2D eigenvalue weighted by Gasteiger charge is -2.13. The van der Waals surface area contributed by atoms with Crippen molar-refractivity contribution in [3.8, 4) is 5.75 Å². The van der Waals surface area contributed by atoms with E-state index in [1.54, 1.807) is 11.3 Å². The molecule has 0 saturated carbocycles. The molecule has 0 aliphatic rings. The van der Waals surface area contributed by atoms with Crippen molar-refractivity contribution in [1.82, 2.24) is 4.98 Å². The van der Waals surface area contributed by atoms with E-state index in [1.807, 2.05) is 18.2 Å². The molecular formula is C15H20ClFN2OS. The zero-order chi connectivity index (χ0) is 14.8. The van der Waals surface area contributed by atoms with Crippen LogP contribution in [0.3, 0.4) is 0 Å². The van der Waals surface area contributed by atoms with Gasteiger partial charge in [-0.2, -0.15) is 0 Å². The van der Waals surface area contributed by atoms with Crippen LogP contribution in [0.15, 0.2) is 30.1 Å². The molecule has 1 heterocycles. The molecule has 0 unspecified atom stereocenters. The lowest BCUT2D eigenvalue weighted by atomic mass is 9.98. The second-order valence-corrected chi connectivity index (χ2v) is 6.60. The molecule has 0 spiro atoms. The number of ether oxygens (including phenoxy) is 1. The van der Waals surface area contributed by atoms with E-state index in [0.29, 0.717) is 5.75 Å².